The van der Waals surface area contributed by atoms with Gasteiger partial charge in [0.05, 0.1) is 5.69 Å². The summed E-state index contributed by atoms with van der Waals surface area (Å²) >= 11 is 0. The molecule has 0 fully saturated rings. The van der Waals surface area contributed by atoms with E-state index in [9.17, 15) is 0 Å². The third-order valence-electron chi connectivity index (χ3n) is 4.69. The first-order valence-electron chi connectivity index (χ1n) is 8.06. The van der Waals surface area contributed by atoms with E-state index in [1.807, 2.05) is 12.3 Å². The molecule has 1 aromatic heterocycles. The van der Waals surface area contributed by atoms with E-state index in [0.717, 1.165) is 18.5 Å². The van der Waals surface area contributed by atoms with Crippen molar-refractivity contribution in [2.75, 3.05) is 0 Å². The molecule has 0 saturated heterocycles. The van der Waals surface area contributed by atoms with Gasteiger partial charge in [0, 0.05) is 12.2 Å². The van der Waals surface area contributed by atoms with Gasteiger partial charge in [0.2, 0.25) is 0 Å². The van der Waals surface area contributed by atoms with Crippen LogP contribution < -0.4 is 5.73 Å². The van der Waals surface area contributed by atoms with Gasteiger partial charge in [0.1, 0.15) is 0 Å². The van der Waals surface area contributed by atoms with Crippen LogP contribution in [-0.4, -0.2) is 4.98 Å². The molecule has 0 radical (unpaired) electrons. The Balaban J connectivity index is 1.81. The van der Waals surface area contributed by atoms with Gasteiger partial charge in [-0.2, -0.15) is 0 Å². The summed E-state index contributed by atoms with van der Waals surface area (Å²) in [6.45, 7) is 2.17. The van der Waals surface area contributed by atoms with Gasteiger partial charge in [-0.3, -0.25) is 4.98 Å². The molecule has 0 spiro atoms. The van der Waals surface area contributed by atoms with E-state index in [4.69, 9.17) is 5.73 Å². The number of hydrogen-bond donors (Lipinski definition) is 1. The quantitative estimate of drug-likeness (QED) is 0.913. The molecule has 2 N–H and O–H groups in total. The highest BCUT2D eigenvalue weighted by atomic mass is 14.8. The summed E-state index contributed by atoms with van der Waals surface area (Å²) in [6.07, 6.45) is 7.60. The van der Waals surface area contributed by atoms with Gasteiger partial charge in [0.25, 0.3) is 0 Å². The van der Waals surface area contributed by atoms with Crippen LogP contribution in [0.25, 0.3) is 0 Å². The standard InChI is InChI=1S/C19H24N2/c1-2-14-10-6-12-21-19(14)18(20)13-16-9-5-8-15-7-3-4-11-17(15)16/h3-4,6-7,10-12,16,18H,2,5,8-9,13,20H2,1H3. The van der Waals surface area contributed by atoms with Gasteiger partial charge in [0.15, 0.2) is 0 Å². The number of aryl methyl sites for hydroxylation is 2. The molecule has 0 bridgehead atoms. The lowest BCUT2D eigenvalue weighted by molar-refractivity contribution is 0.470. The second-order valence-electron chi connectivity index (χ2n) is 6.03. The summed E-state index contributed by atoms with van der Waals surface area (Å²) in [6, 6.07) is 13.0. The molecular formula is C19H24N2. The monoisotopic (exact) mass is 280 g/mol. The number of fused-ring (bicyclic) bond motifs is 1. The predicted octanol–water partition coefficient (Wildman–Crippen LogP) is 4.15. The summed E-state index contributed by atoms with van der Waals surface area (Å²) in [4.78, 5) is 4.55. The normalized spacial score (nSPS) is 19.0. The van der Waals surface area contributed by atoms with Crippen molar-refractivity contribution in [1.29, 1.82) is 0 Å². The minimum absolute atomic E-state index is 0.0392. The summed E-state index contributed by atoms with van der Waals surface area (Å²) in [7, 11) is 0. The number of hydrogen-bond acceptors (Lipinski definition) is 2. The first-order chi connectivity index (χ1) is 10.3. The molecule has 2 heteroatoms. The van der Waals surface area contributed by atoms with Crippen LogP contribution in [0.3, 0.4) is 0 Å². The Morgan fingerprint density at radius 3 is 2.95 bits per heavy atom. The van der Waals surface area contributed by atoms with Crippen molar-refractivity contribution in [3.8, 4) is 0 Å². The average molecular weight is 280 g/mol. The number of rotatable bonds is 4. The van der Waals surface area contributed by atoms with E-state index in [2.05, 4.69) is 42.2 Å². The SMILES string of the molecule is CCc1cccnc1C(N)CC1CCCc2ccccc21. The maximum absolute atomic E-state index is 6.50. The molecule has 1 aromatic carbocycles. The summed E-state index contributed by atoms with van der Waals surface area (Å²) < 4.78 is 0. The van der Waals surface area contributed by atoms with Crippen LogP contribution in [0, 0.1) is 0 Å². The van der Waals surface area contributed by atoms with Crippen molar-refractivity contribution in [2.24, 2.45) is 5.73 Å². The first kappa shape index (κ1) is 14.3. The predicted molar refractivity (Wildman–Crippen MR) is 87.3 cm³/mol. The highest BCUT2D eigenvalue weighted by molar-refractivity contribution is 5.33. The largest absolute Gasteiger partial charge is 0.323 e. The average Bonchev–Trinajstić information content (AvgIpc) is 2.55. The van der Waals surface area contributed by atoms with E-state index in [-0.39, 0.29) is 6.04 Å². The molecular weight excluding hydrogens is 256 g/mol. The fraction of sp³-hybridized carbons (Fsp3) is 0.421. The van der Waals surface area contributed by atoms with Crippen LogP contribution in [0.2, 0.25) is 0 Å². The smallest absolute Gasteiger partial charge is 0.0602 e. The van der Waals surface area contributed by atoms with Crippen LogP contribution >= 0.6 is 0 Å². The number of nitrogens with zero attached hydrogens (tertiary/aromatic N) is 1. The molecule has 110 valence electrons. The molecule has 0 amide bonds. The van der Waals surface area contributed by atoms with E-state index >= 15 is 0 Å². The minimum Gasteiger partial charge on any atom is -0.323 e. The molecule has 2 atom stereocenters. The van der Waals surface area contributed by atoms with Crippen LogP contribution in [-0.2, 0) is 12.8 Å². The molecule has 3 rings (SSSR count). The number of benzene rings is 1. The van der Waals surface area contributed by atoms with Gasteiger partial charge < -0.3 is 5.73 Å². The topological polar surface area (TPSA) is 38.9 Å². The van der Waals surface area contributed by atoms with Crippen molar-refractivity contribution in [2.45, 2.75) is 51.0 Å². The Morgan fingerprint density at radius 2 is 2.10 bits per heavy atom. The maximum Gasteiger partial charge on any atom is 0.0602 e. The number of nitrogens with two attached hydrogens (primary N) is 1. The third kappa shape index (κ3) is 3.01. The van der Waals surface area contributed by atoms with Gasteiger partial charge in [-0.05, 0) is 60.8 Å². The lowest BCUT2D eigenvalue weighted by Crippen LogP contribution is -2.20. The number of aromatic nitrogens is 1. The summed E-state index contributed by atoms with van der Waals surface area (Å²) in [5.41, 5.74) is 11.9. The van der Waals surface area contributed by atoms with Crippen LogP contribution in [0.5, 0.6) is 0 Å². The van der Waals surface area contributed by atoms with Gasteiger partial charge in [-0.25, -0.2) is 0 Å². The van der Waals surface area contributed by atoms with Crippen molar-refractivity contribution >= 4 is 0 Å². The minimum atomic E-state index is 0.0392. The fourth-order valence-corrected chi connectivity index (χ4v) is 3.60. The van der Waals surface area contributed by atoms with Crippen molar-refractivity contribution in [3.63, 3.8) is 0 Å². The third-order valence-corrected chi connectivity index (χ3v) is 4.69. The van der Waals surface area contributed by atoms with Gasteiger partial charge in [-0.15, -0.1) is 0 Å². The second kappa shape index (κ2) is 6.40. The Morgan fingerprint density at radius 1 is 1.24 bits per heavy atom. The van der Waals surface area contributed by atoms with Gasteiger partial charge >= 0.3 is 0 Å². The molecule has 0 saturated carbocycles. The number of pyridine rings is 1. The Labute approximate surface area is 127 Å². The fourth-order valence-electron chi connectivity index (χ4n) is 3.60. The maximum atomic E-state index is 6.50. The van der Waals surface area contributed by atoms with Crippen molar-refractivity contribution in [1.82, 2.24) is 4.98 Å². The van der Waals surface area contributed by atoms with Crippen LogP contribution in [0.1, 0.15) is 60.5 Å². The Bertz CT molecular complexity index is 606. The Kier molecular flexibility index (Phi) is 4.35. The molecule has 1 aliphatic carbocycles. The van der Waals surface area contributed by atoms with Crippen molar-refractivity contribution < 1.29 is 0 Å². The van der Waals surface area contributed by atoms with E-state index < -0.39 is 0 Å². The van der Waals surface area contributed by atoms with Crippen molar-refractivity contribution in [3.05, 3.63) is 65.0 Å². The lowest BCUT2D eigenvalue weighted by atomic mass is 9.79. The molecule has 2 aromatic rings. The zero-order chi connectivity index (χ0) is 14.7. The second-order valence-corrected chi connectivity index (χ2v) is 6.03. The van der Waals surface area contributed by atoms with Gasteiger partial charge in [-0.1, -0.05) is 37.3 Å². The van der Waals surface area contributed by atoms with E-state index in [1.54, 1.807) is 0 Å². The zero-order valence-electron chi connectivity index (χ0n) is 12.8. The molecule has 1 heterocycles. The van der Waals surface area contributed by atoms with Crippen LogP contribution in [0.4, 0.5) is 0 Å². The highest BCUT2D eigenvalue weighted by Crippen LogP contribution is 2.37. The highest BCUT2D eigenvalue weighted by Gasteiger charge is 2.23. The van der Waals surface area contributed by atoms with E-state index in [0.29, 0.717) is 5.92 Å². The lowest BCUT2D eigenvalue weighted by Gasteiger charge is -2.28. The molecule has 0 aliphatic heterocycles. The zero-order valence-corrected chi connectivity index (χ0v) is 12.8. The summed E-state index contributed by atoms with van der Waals surface area (Å²) in [5, 5.41) is 0. The summed E-state index contributed by atoms with van der Waals surface area (Å²) in [5.74, 6) is 0.580. The first-order valence-corrected chi connectivity index (χ1v) is 8.06. The molecule has 2 unspecified atom stereocenters. The van der Waals surface area contributed by atoms with Crippen LogP contribution in [0.15, 0.2) is 42.6 Å². The molecule has 1 aliphatic rings. The van der Waals surface area contributed by atoms with E-state index in [1.165, 1.54) is 36.0 Å². The molecule has 2 nitrogen and oxygen atoms in total. The Hall–Kier alpha value is -1.67. The molecule has 21 heavy (non-hydrogen) atoms.